The second kappa shape index (κ2) is 8.44. The van der Waals surface area contributed by atoms with Gasteiger partial charge >= 0.3 is 0 Å². The maximum atomic E-state index is 13.1. The minimum Gasteiger partial charge on any atom is -0.497 e. The molecule has 2 heterocycles. The number of rotatable bonds is 5. The molecule has 1 aromatic carbocycles. The highest BCUT2D eigenvalue weighted by Crippen LogP contribution is 2.29. The van der Waals surface area contributed by atoms with Crippen molar-refractivity contribution in [2.75, 3.05) is 20.2 Å². The van der Waals surface area contributed by atoms with Gasteiger partial charge in [0.05, 0.1) is 7.11 Å². The molecule has 0 unspecified atom stereocenters. The second-order valence-electron chi connectivity index (χ2n) is 8.38. The van der Waals surface area contributed by atoms with Crippen LogP contribution >= 0.6 is 0 Å². The number of hydrogen-bond donors (Lipinski definition) is 1. The molecule has 1 N–H and O–H groups in total. The summed E-state index contributed by atoms with van der Waals surface area (Å²) in [7, 11) is 1.69. The van der Waals surface area contributed by atoms with Crippen molar-refractivity contribution in [3.05, 3.63) is 52.3 Å². The highest BCUT2D eigenvalue weighted by atomic mass is 16.5. The molecule has 0 saturated carbocycles. The topological polar surface area (TPSA) is 62.4 Å². The van der Waals surface area contributed by atoms with Crippen LogP contribution in [-0.2, 0) is 12.8 Å². The number of aryl methyl sites for hydroxylation is 2. The Hall–Kier alpha value is -2.56. The number of ketones is 1. The maximum Gasteiger partial charge on any atom is 0.270 e. The van der Waals surface area contributed by atoms with Crippen LogP contribution in [0.4, 0.5) is 0 Å². The van der Waals surface area contributed by atoms with E-state index in [2.05, 4.69) is 17.1 Å². The molecule has 4 rings (SSSR count). The summed E-state index contributed by atoms with van der Waals surface area (Å²) in [4.78, 5) is 30.5. The fraction of sp³-hybridized carbons (Fsp3) is 0.500. The van der Waals surface area contributed by atoms with Crippen molar-refractivity contribution < 1.29 is 14.3 Å². The minimum absolute atomic E-state index is 0.0540. The van der Waals surface area contributed by atoms with Gasteiger partial charge < -0.3 is 14.6 Å². The second-order valence-corrected chi connectivity index (χ2v) is 8.38. The Kier molecular flexibility index (Phi) is 5.74. The van der Waals surface area contributed by atoms with Crippen LogP contribution < -0.4 is 4.74 Å². The summed E-state index contributed by atoms with van der Waals surface area (Å²) in [6.45, 7) is 3.50. The van der Waals surface area contributed by atoms with Gasteiger partial charge in [0.15, 0.2) is 5.78 Å². The molecule has 0 radical (unpaired) electrons. The number of aromatic nitrogens is 1. The van der Waals surface area contributed by atoms with E-state index in [9.17, 15) is 9.59 Å². The van der Waals surface area contributed by atoms with Gasteiger partial charge in [0.25, 0.3) is 5.91 Å². The van der Waals surface area contributed by atoms with Crippen LogP contribution in [0.15, 0.2) is 24.3 Å². The number of fused-ring (bicyclic) bond motifs is 1. The third kappa shape index (κ3) is 4.09. The van der Waals surface area contributed by atoms with Gasteiger partial charge in [-0.15, -0.1) is 0 Å². The van der Waals surface area contributed by atoms with E-state index in [1.807, 2.05) is 24.0 Å². The Morgan fingerprint density at radius 1 is 1.17 bits per heavy atom. The number of ether oxygens (including phenoxy) is 1. The summed E-state index contributed by atoms with van der Waals surface area (Å²) in [5, 5.41) is 0. The lowest BCUT2D eigenvalue weighted by atomic mass is 9.90. The Balaban J connectivity index is 1.32. The van der Waals surface area contributed by atoms with E-state index in [-0.39, 0.29) is 11.7 Å². The number of hydrogen-bond acceptors (Lipinski definition) is 3. The van der Waals surface area contributed by atoms with Crippen LogP contribution in [0.5, 0.6) is 5.75 Å². The monoisotopic (exact) mass is 394 g/mol. The fourth-order valence-corrected chi connectivity index (χ4v) is 4.73. The first-order valence-corrected chi connectivity index (χ1v) is 10.7. The van der Waals surface area contributed by atoms with E-state index in [1.165, 1.54) is 5.56 Å². The summed E-state index contributed by atoms with van der Waals surface area (Å²) in [6.07, 6.45) is 6.63. The molecule has 1 amide bonds. The van der Waals surface area contributed by atoms with Gasteiger partial charge in [-0.3, -0.25) is 9.59 Å². The molecule has 5 heteroatoms. The molecule has 0 atom stereocenters. The van der Waals surface area contributed by atoms with E-state index in [4.69, 9.17) is 4.74 Å². The van der Waals surface area contributed by atoms with Crippen LogP contribution in [0.2, 0.25) is 0 Å². The first-order chi connectivity index (χ1) is 14.1. The largest absolute Gasteiger partial charge is 0.497 e. The number of amides is 1. The van der Waals surface area contributed by atoms with Gasteiger partial charge in [0.1, 0.15) is 11.4 Å². The number of Topliss-reactive ketones (excluding diaryl/α,β-unsaturated/α-hetero) is 1. The molecule has 0 spiro atoms. The molecule has 29 heavy (non-hydrogen) atoms. The maximum absolute atomic E-state index is 13.1. The first kappa shape index (κ1) is 19.7. The third-order valence-electron chi connectivity index (χ3n) is 6.55. The van der Waals surface area contributed by atoms with Gasteiger partial charge in [-0.05, 0) is 74.6 Å². The van der Waals surface area contributed by atoms with Gasteiger partial charge in [0.2, 0.25) is 0 Å². The average molecular weight is 395 g/mol. The van der Waals surface area contributed by atoms with Crippen LogP contribution in [0.25, 0.3) is 0 Å². The third-order valence-corrected chi connectivity index (χ3v) is 6.55. The Morgan fingerprint density at radius 3 is 2.55 bits per heavy atom. The molecule has 154 valence electrons. The highest BCUT2D eigenvalue weighted by Gasteiger charge is 2.30. The zero-order chi connectivity index (χ0) is 20.4. The zero-order valence-corrected chi connectivity index (χ0v) is 17.4. The lowest BCUT2D eigenvalue weighted by molar-refractivity contribution is 0.0680. The Labute approximate surface area is 172 Å². The van der Waals surface area contributed by atoms with Crippen molar-refractivity contribution in [2.24, 2.45) is 5.92 Å². The molecule has 1 aliphatic heterocycles. The molecule has 2 aliphatic rings. The molecule has 2 aromatic rings. The molecule has 1 fully saturated rings. The molecular weight excluding hydrogens is 364 g/mol. The lowest BCUT2D eigenvalue weighted by Gasteiger charge is -2.32. The number of carbonyl (C=O) groups excluding carboxylic acids is 2. The number of aromatic amines is 1. The molecule has 5 nitrogen and oxygen atoms in total. The van der Waals surface area contributed by atoms with Gasteiger partial charge in [0, 0.05) is 30.8 Å². The SMILES string of the molecule is COc1ccc(CCC2CCN(C(=O)c3[nH]c4c(c3C)C(=O)CCC4)CC2)cc1. The van der Waals surface area contributed by atoms with E-state index < -0.39 is 0 Å². The van der Waals surface area contributed by atoms with Gasteiger partial charge in [-0.1, -0.05) is 12.1 Å². The summed E-state index contributed by atoms with van der Waals surface area (Å²) in [5.41, 5.74) is 4.53. The van der Waals surface area contributed by atoms with Crippen molar-refractivity contribution in [3.63, 3.8) is 0 Å². The molecule has 1 aromatic heterocycles. The normalized spacial score (nSPS) is 17.3. The van der Waals surface area contributed by atoms with E-state index in [0.29, 0.717) is 18.0 Å². The number of nitrogens with zero attached hydrogens (tertiary/aromatic N) is 1. The van der Waals surface area contributed by atoms with Crippen molar-refractivity contribution in [1.29, 1.82) is 0 Å². The van der Waals surface area contributed by atoms with Crippen molar-refractivity contribution >= 4 is 11.7 Å². The Bertz CT molecular complexity index is 890. The number of piperidine rings is 1. The van der Waals surface area contributed by atoms with Gasteiger partial charge in [-0.2, -0.15) is 0 Å². The van der Waals surface area contributed by atoms with Crippen LogP contribution in [-0.4, -0.2) is 41.8 Å². The number of likely N-dealkylation sites (tertiary alicyclic amines) is 1. The van der Waals surface area contributed by atoms with E-state index in [1.54, 1.807) is 7.11 Å². The number of methoxy groups -OCH3 is 1. The highest BCUT2D eigenvalue weighted by molar-refractivity contribution is 6.04. The van der Waals surface area contributed by atoms with Crippen LogP contribution in [0.3, 0.4) is 0 Å². The number of H-pyrrole nitrogens is 1. The average Bonchev–Trinajstić information content (AvgIpc) is 3.10. The molecule has 1 saturated heterocycles. The van der Waals surface area contributed by atoms with Crippen molar-refractivity contribution in [2.45, 2.75) is 51.9 Å². The minimum atomic E-state index is 0.0540. The van der Waals surface area contributed by atoms with Crippen LogP contribution in [0.1, 0.15) is 69.8 Å². The van der Waals surface area contributed by atoms with Gasteiger partial charge in [-0.25, -0.2) is 0 Å². The predicted molar refractivity (Wildman–Crippen MR) is 113 cm³/mol. The molecular formula is C24H30N2O3. The standard InChI is InChI=1S/C24H30N2O3/c1-16-22-20(4-3-5-21(22)27)25-23(16)24(28)26-14-12-18(13-15-26)7-6-17-8-10-19(29-2)11-9-17/h8-11,18,25H,3-7,12-15H2,1-2H3. The quantitative estimate of drug-likeness (QED) is 0.821. The lowest BCUT2D eigenvalue weighted by Crippen LogP contribution is -2.39. The van der Waals surface area contributed by atoms with Crippen molar-refractivity contribution in [1.82, 2.24) is 9.88 Å². The molecule has 0 bridgehead atoms. The smallest absolute Gasteiger partial charge is 0.270 e. The summed E-state index contributed by atoms with van der Waals surface area (Å²) < 4.78 is 5.22. The summed E-state index contributed by atoms with van der Waals surface area (Å²) in [6, 6.07) is 8.29. The first-order valence-electron chi connectivity index (χ1n) is 10.7. The zero-order valence-electron chi connectivity index (χ0n) is 17.4. The fourth-order valence-electron chi connectivity index (χ4n) is 4.73. The van der Waals surface area contributed by atoms with Crippen LogP contribution in [0, 0.1) is 12.8 Å². The number of benzene rings is 1. The van der Waals surface area contributed by atoms with E-state index >= 15 is 0 Å². The Morgan fingerprint density at radius 2 is 1.90 bits per heavy atom. The number of carbonyl (C=O) groups is 2. The van der Waals surface area contributed by atoms with Crippen molar-refractivity contribution in [3.8, 4) is 5.75 Å². The summed E-state index contributed by atoms with van der Waals surface area (Å²) >= 11 is 0. The number of nitrogens with one attached hydrogen (secondary N) is 1. The predicted octanol–water partition coefficient (Wildman–Crippen LogP) is 4.34. The van der Waals surface area contributed by atoms with E-state index in [0.717, 1.165) is 74.2 Å². The summed E-state index contributed by atoms with van der Waals surface area (Å²) in [5.74, 6) is 1.78. The molecule has 1 aliphatic carbocycles.